The van der Waals surface area contributed by atoms with E-state index in [2.05, 4.69) is 30.6 Å². The Hall–Kier alpha value is -2.79. The van der Waals surface area contributed by atoms with Gasteiger partial charge in [0.15, 0.2) is 10.9 Å². The molecule has 0 fully saturated rings. The predicted molar refractivity (Wildman–Crippen MR) is 48.3 cm³/mol. The van der Waals surface area contributed by atoms with Crippen LogP contribution in [0.4, 0.5) is 11.9 Å². The van der Waals surface area contributed by atoms with Crippen molar-refractivity contribution >= 4 is 11.9 Å². The summed E-state index contributed by atoms with van der Waals surface area (Å²) in [6.45, 7) is 0.111. The van der Waals surface area contributed by atoms with Crippen LogP contribution in [0.5, 0.6) is 0 Å². The standard InChI is InChI=1S/C4H6N10O2/c5-3-8-12-13(10-3)1-2-6-4(9-7-2)11-14(15)16/h1H2,(H2,5,10)(H2,6,7,9,11). The molecule has 0 aliphatic heterocycles. The van der Waals surface area contributed by atoms with E-state index in [0.717, 1.165) is 4.80 Å². The van der Waals surface area contributed by atoms with Crippen molar-refractivity contribution in [1.29, 1.82) is 0 Å². The number of H-pyrrole nitrogens is 1. The first kappa shape index (κ1) is 9.75. The number of hydrogen-bond acceptors (Lipinski definition) is 8. The molecular weight excluding hydrogens is 220 g/mol. The summed E-state index contributed by atoms with van der Waals surface area (Å²) in [7, 11) is 0. The number of nitrogens with two attached hydrogens (primary N) is 1. The van der Waals surface area contributed by atoms with E-state index in [4.69, 9.17) is 5.73 Å². The van der Waals surface area contributed by atoms with Gasteiger partial charge in [0.1, 0.15) is 6.54 Å². The van der Waals surface area contributed by atoms with Gasteiger partial charge in [0.2, 0.25) is 0 Å². The fourth-order valence-corrected chi connectivity index (χ4v) is 0.953. The van der Waals surface area contributed by atoms with Gasteiger partial charge < -0.3 is 5.73 Å². The fourth-order valence-electron chi connectivity index (χ4n) is 0.953. The largest absolute Gasteiger partial charge is 0.365 e. The molecule has 2 rings (SSSR count). The average molecular weight is 226 g/mol. The van der Waals surface area contributed by atoms with Gasteiger partial charge in [-0.2, -0.15) is 14.9 Å². The monoisotopic (exact) mass is 226 g/mol. The van der Waals surface area contributed by atoms with Crippen LogP contribution in [0.3, 0.4) is 0 Å². The smallest absolute Gasteiger partial charge is 0.281 e. The SMILES string of the molecule is Nc1nnn(Cc2n[nH]c(N[N+](=O)[O-])n2)n1. The van der Waals surface area contributed by atoms with Crippen LogP contribution in [-0.4, -0.2) is 40.4 Å². The number of aromatic nitrogens is 7. The molecule has 84 valence electrons. The zero-order valence-corrected chi connectivity index (χ0v) is 7.73. The molecule has 2 heterocycles. The van der Waals surface area contributed by atoms with Gasteiger partial charge in [-0.25, -0.2) is 15.2 Å². The van der Waals surface area contributed by atoms with Gasteiger partial charge in [-0.15, -0.1) is 5.10 Å². The molecule has 4 N–H and O–H groups in total. The first-order valence-electron chi connectivity index (χ1n) is 3.99. The first-order chi connectivity index (χ1) is 7.63. The van der Waals surface area contributed by atoms with Crippen LogP contribution in [0, 0.1) is 10.1 Å². The molecule has 0 aromatic carbocycles. The van der Waals surface area contributed by atoms with E-state index in [1.807, 2.05) is 5.43 Å². The normalized spacial score (nSPS) is 10.2. The van der Waals surface area contributed by atoms with Gasteiger partial charge in [-0.1, -0.05) is 10.5 Å². The van der Waals surface area contributed by atoms with Crippen LogP contribution < -0.4 is 11.2 Å². The molecule has 0 aliphatic carbocycles. The third-order valence-electron chi connectivity index (χ3n) is 1.48. The molecular formula is C4H6N10O2. The number of nitrogens with zero attached hydrogens (tertiary/aromatic N) is 7. The van der Waals surface area contributed by atoms with Crippen LogP contribution in [0.1, 0.15) is 5.82 Å². The summed E-state index contributed by atoms with van der Waals surface area (Å²) in [5.74, 6) is 0.217. The minimum atomic E-state index is -0.754. The van der Waals surface area contributed by atoms with E-state index in [1.54, 1.807) is 0 Å². The van der Waals surface area contributed by atoms with Gasteiger partial charge in [-0.3, -0.25) is 0 Å². The highest BCUT2D eigenvalue weighted by molar-refractivity contribution is 5.17. The lowest BCUT2D eigenvalue weighted by atomic mass is 10.6. The number of nitrogen functional groups attached to an aromatic ring is 1. The molecule has 0 saturated carbocycles. The minimum absolute atomic E-state index is 0.0270. The Labute approximate surface area is 87.0 Å². The van der Waals surface area contributed by atoms with Crippen molar-refractivity contribution in [3.63, 3.8) is 0 Å². The molecule has 0 bridgehead atoms. The molecule has 0 atom stereocenters. The Balaban J connectivity index is 2.05. The molecule has 12 heteroatoms. The number of nitro groups is 1. The highest BCUT2D eigenvalue weighted by Gasteiger charge is 2.08. The van der Waals surface area contributed by atoms with Crippen molar-refractivity contribution in [3.05, 3.63) is 15.9 Å². The Bertz CT molecular complexity index is 500. The second kappa shape index (κ2) is 3.76. The molecule has 0 saturated heterocycles. The Morgan fingerprint density at radius 3 is 3.06 bits per heavy atom. The average Bonchev–Trinajstić information content (AvgIpc) is 2.76. The lowest BCUT2D eigenvalue weighted by Gasteiger charge is -1.90. The summed E-state index contributed by atoms with van der Waals surface area (Å²) in [6, 6.07) is 0. The van der Waals surface area contributed by atoms with E-state index in [9.17, 15) is 10.1 Å². The minimum Gasteiger partial charge on any atom is -0.365 e. The molecule has 12 nitrogen and oxygen atoms in total. The predicted octanol–water partition coefficient (Wildman–Crippen LogP) is -1.97. The van der Waals surface area contributed by atoms with Gasteiger partial charge in [0, 0.05) is 0 Å². The van der Waals surface area contributed by atoms with Crippen molar-refractivity contribution in [2.75, 3.05) is 11.2 Å². The molecule has 0 amide bonds. The van der Waals surface area contributed by atoms with Gasteiger partial charge in [0.25, 0.3) is 11.9 Å². The van der Waals surface area contributed by atoms with Gasteiger partial charge in [0.05, 0.1) is 0 Å². The van der Waals surface area contributed by atoms with Gasteiger partial charge >= 0.3 is 0 Å². The summed E-state index contributed by atoms with van der Waals surface area (Å²) in [6.07, 6.45) is 0. The van der Waals surface area contributed by atoms with Crippen LogP contribution in [0.25, 0.3) is 0 Å². The van der Waals surface area contributed by atoms with E-state index < -0.39 is 5.03 Å². The van der Waals surface area contributed by atoms with Crippen molar-refractivity contribution in [3.8, 4) is 0 Å². The van der Waals surface area contributed by atoms with Crippen molar-refractivity contribution in [2.45, 2.75) is 6.54 Å². The molecule has 0 radical (unpaired) electrons. The zero-order chi connectivity index (χ0) is 11.5. The first-order valence-corrected chi connectivity index (χ1v) is 3.99. The lowest BCUT2D eigenvalue weighted by molar-refractivity contribution is -0.446. The summed E-state index contributed by atoms with van der Waals surface area (Å²) < 4.78 is 0. The number of hydrogen-bond donors (Lipinski definition) is 3. The maximum atomic E-state index is 10.1. The maximum absolute atomic E-state index is 10.1. The molecule has 2 aromatic heterocycles. The third-order valence-corrected chi connectivity index (χ3v) is 1.48. The molecule has 0 aliphatic rings. The fraction of sp³-hybridized carbons (Fsp3) is 0.250. The van der Waals surface area contributed by atoms with Gasteiger partial charge in [-0.05, 0) is 5.21 Å². The van der Waals surface area contributed by atoms with E-state index in [0.29, 0.717) is 0 Å². The van der Waals surface area contributed by atoms with Crippen LogP contribution in [0.2, 0.25) is 0 Å². The molecule has 0 spiro atoms. The maximum Gasteiger partial charge on any atom is 0.281 e. The second-order valence-corrected chi connectivity index (χ2v) is 2.65. The topological polar surface area (TPSA) is 166 Å². The van der Waals surface area contributed by atoms with Crippen molar-refractivity contribution in [2.24, 2.45) is 0 Å². The highest BCUT2D eigenvalue weighted by atomic mass is 16.7. The van der Waals surface area contributed by atoms with Crippen molar-refractivity contribution in [1.82, 2.24) is 35.4 Å². The number of tetrazole rings is 1. The number of rotatable bonds is 4. The highest BCUT2D eigenvalue weighted by Crippen LogP contribution is 1.99. The summed E-state index contributed by atoms with van der Waals surface area (Å²) in [5.41, 5.74) is 7.07. The quantitative estimate of drug-likeness (QED) is 0.395. The van der Waals surface area contributed by atoms with Crippen LogP contribution >= 0.6 is 0 Å². The second-order valence-electron chi connectivity index (χ2n) is 2.65. The summed E-state index contributed by atoms with van der Waals surface area (Å²) in [4.78, 5) is 15.0. The zero-order valence-electron chi connectivity index (χ0n) is 7.73. The summed E-state index contributed by atoms with van der Waals surface area (Å²) in [5, 5.41) is 26.1. The Morgan fingerprint density at radius 2 is 2.44 bits per heavy atom. The van der Waals surface area contributed by atoms with E-state index >= 15 is 0 Å². The van der Waals surface area contributed by atoms with E-state index in [1.165, 1.54) is 0 Å². The van der Waals surface area contributed by atoms with E-state index in [-0.39, 0.29) is 24.3 Å². The van der Waals surface area contributed by atoms with Crippen LogP contribution in [-0.2, 0) is 6.54 Å². The number of anilines is 2. The summed E-state index contributed by atoms with van der Waals surface area (Å²) >= 11 is 0. The Kier molecular flexibility index (Phi) is 2.29. The lowest BCUT2D eigenvalue weighted by Crippen LogP contribution is -2.09. The third kappa shape index (κ3) is 2.17. The number of hydrazine groups is 1. The number of aromatic amines is 1. The molecule has 2 aromatic rings. The molecule has 16 heavy (non-hydrogen) atoms. The Morgan fingerprint density at radius 1 is 1.62 bits per heavy atom. The number of nitrogens with one attached hydrogen (secondary N) is 2. The van der Waals surface area contributed by atoms with Crippen LogP contribution in [0.15, 0.2) is 0 Å². The molecule has 0 unspecified atom stereocenters. The van der Waals surface area contributed by atoms with Crippen molar-refractivity contribution < 1.29 is 5.03 Å².